The van der Waals surface area contributed by atoms with Crippen LogP contribution in [0.2, 0.25) is 0 Å². The molecule has 0 aliphatic rings. The van der Waals surface area contributed by atoms with E-state index in [9.17, 15) is 10.1 Å². The molecule has 0 aliphatic carbocycles. The zero-order chi connectivity index (χ0) is 13.8. The first-order valence-corrected chi connectivity index (χ1v) is 6.67. The first-order valence-electron chi connectivity index (χ1n) is 5.88. The van der Waals surface area contributed by atoms with Crippen molar-refractivity contribution in [3.05, 3.63) is 69.7 Å². The lowest BCUT2D eigenvalue weighted by atomic mass is 9.91. The van der Waals surface area contributed by atoms with Crippen molar-refractivity contribution in [1.82, 2.24) is 0 Å². The summed E-state index contributed by atoms with van der Waals surface area (Å²) in [7, 11) is 0. The Balaban J connectivity index is 2.37. The second-order valence-electron chi connectivity index (χ2n) is 4.30. The summed E-state index contributed by atoms with van der Waals surface area (Å²) in [6.45, 7) is 1.96. The van der Waals surface area contributed by atoms with E-state index in [1.807, 2.05) is 31.2 Å². The Bertz CT molecular complexity index is 644. The van der Waals surface area contributed by atoms with Gasteiger partial charge in [-0.3, -0.25) is 4.79 Å². The average molecular weight is 314 g/mol. The SMILES string of the molecule is Cc1ccc(C(=O)C(C#N)c2ccccc2)cc1Br. The van der Waals surface area contributed by atoms with Gasteiger partial charge in [-0.15, -0.1) is 0 Å². The molecular formula is C16H12BrNO. The zero-order valence-electron chi connectivity index (χ0n) is 10.4. The minimum absolute atomic E-state index is 0.172. The highest BCUT2D eigenvalue weighted by Crippen LogP contribution is 2.24. The molecule has 0 heterocycles. The maximum absolute atomic E-state index is 12.4. The van der Waals surface area contributed by atoms with Crippen LogP contribution in [0.15, 0.2) is 53.0 Å². The maximum atomic E-state index is 12.4. The number of Topliss-reactive ketones (excluding diaryl/α,β-unsaturated/α-hetero) is 1. The molecule has 0 bridgehead atoms. The van der Waals surface area contributed by atoms with E-state index in [0.29, 0.717) is 5.56 Å². The standard InChI is InChI=1S/C16H12BrNO/c1-11-7-8-13(9-15(11)17)16(19)14(10-18)12-5-3-2-4-6-12/h2-9,14H,1H3. The average Bonchev–Trinajstić information content (AvgIpc) is 2.44. The van der Waals surface area contributed by atoms with Gasteiger partial charge in [0.15, 0.2) is 5.78 Å². The van der Waals surface area contributed by atoms with E-state index < -0.39 is 5.92 Å². The molecule has 1 atom stereocenters. The molecule has 0 saturated carbocycles. The van der Waals surface area contributed by atoms with Gasteiger partial charge < -0.3 is 0 Å². The summed E-state index contributed by atoms with van der Waals surface area (Å²) in [4.78, 5) is 12.4. The number of hydrogen-bond acceptors (Lipinski definition) is 2. The highest BCUT2D eigenvalue weighted by molar-refractivity contribution is 9.10. The molecule has 0 fully saturated rings. The molecule has 2 aromatic carbocycles. The largest absolute Gasteiger partial charge is 0.292 e. The van der Waals surface area contributed by atoms with Crippen LogP contribution < -0.4 is 0 Å². The smallest absolute Gasteiger partial charge is 0.184 e. The molecule has 94 valence electrons. The molecule has 2 nitrogen and oxygen atoms in total. The van der Waals surface area contributed by atoms with Crippen LogP contribution in [0, 0.1) is 18.3 Å². The Labute approximate surface area is 120 Å². The predicted octanol–water partition coefficient (Wildman–Crippen LogP) is 4.25. The highest BCUT2D eigenvalue weighted by Gasteiger charge is 2.21. The fourth-order valence-electron chi connectivity index (χ4n) is 1.84. The minimum atomic E-state index is -0.754. The summed E-state index contributed by atoms with van der Waals surface area (Å²) < 4.78 is 0.878. The summed E-state index contributed by atoms with van der Waals surface area (Å²) in [6, 6.07) is 16.6. The van der Waals surface area contributed by atoms with Gasteiger partial charge >= 0.3 is 0 Å². The van der Waals surface area contributed by atoms with E-state index in [1.165, 1.54) is 0 Å². The Morgan fingerprint density at radius 1 is 1.21 bits per heavy atom. The van der Waals surface area contributed by atoms with E-state index in [-0.39, 0.29) is 5.78 Å². The number of hydrogen-bond donors (Lipinski definition) is 0. The second-order valence-corrected chi connectivity index (χ2v) is 5.16. The van der Waals surface area contributed by atoms with E-state index in [0.717, 1.165) is 15.6 Å². The molecule has 1 unspecified atom stereocenters. The molecule has 0 aromatic heterocycles. The first kappa shape index (κ1) is 13.5. The molecule has 3 heteroatoms. The molecule has 0 N–H and O–H groups in total. The summed E-state index contributed by atoms with van der Waals surface area (Å²) >= 11 is 3.41. The molecule has 0 saturated heterocycles. The van der Waals surface area contributed by atoms with E-state index in [4.69, 9.17) is 0 Å². The lowest BCUT2D eigenvalue weighted by Crippen LogP contribution is -2.11. The second kappa shape index (κ2) is 5.81. The van der Waals surface area contributed by atoms with Crippen molar-refractivity contribution < 1.29 is 4.79 Å². The minimum Gasteiger partial charge on any atom is -0.292 e. The lowest BCUT2D eigenvalue weighted by molar-refractivity contribution is 0.0979. The third kappa shape index (κ3) is 2.91. The maximum Gasteiger partial charge on any atom is 0.184 e. The highest BCUT2D eigenvalue weighted by atomic mass is 79.9. The Hall–Kier alpha value is -1.92. The number of carbonyl (C=O) groups is 1. The molecular weight excluding hydrogens is 302 g/mol. The van der Waals surface area contributed by atoms with Crippen molar-refractivity contribution in [2.24, 2.45) is 0 Å². The number of rotatable bonds is 3. The molecule has 2 aromatic rings. The van der Waals surface area contributed by atoms with Crippen LogP contribution >= 0.6 is 15.9 Å². The van der Waals surface area contributed by atoms with Gasteiger partial charge in [-0.2, -0.15) is 5.26 Å². The molecule has 0 radical (unpaired) electrons. The first-order chi connectivity index (χ1) is 9.13. The van der Waals surface area contributed by atoms with Crippen LogP contribution in [0.5, 0.6) is 0 Å². The van der Waals surface area contributed by atoms with Crippen LogP contribution in [-0.2, 0) is 0 Å². The van der Waals surface area contributed by atoms with Gasteiger partial charge in [-0.05, 0) is 24.1 Å². The fraction of sp³-hybridized carbons (Fsp3) is 0.125. The molecule has 0 aliphatic heterocycles. The molecule has 19 heavy (non-hydrogen) atoms. The molecule has 0 spiro atoms. The topological polar surface area (TPSA) is 40.9 Å². The Morgan fingerprint density at radius 2 is 1.89 bits per heavy atom. The zero-order valence-corrected chi connectivity index (χ0v) is 12.0. The van der Waals surface area contributed by atoms with Gasteiger partial charge in [-0.25, -0.2) is 0 Å². The van der Waals surface area contributed by atoms with E-state index in [1.54, 1.807) is 24.3 Å². The number of carbonyl (C=O) groups excluding carboxylic acids is 1. The van der Waals surface area contributed by atoms with Crippen molar-refractivity contribution in [1.29, 1.82) is 5.26 Å². The van der Waals surface area contributed by atoms with Crippen LogP contribution in [0.3, 0.4) is 0 Å². The number of ketones is 1. The number of aryl methyl sites for hydroxylation is 1. The van der Waals surface area contributed by atoms with Gasteiger partial charge in [0.25, 0.3) is 0 Å². The number of nitrogens with zero attached hydrogens (tertiary/aromatic N) is 1. The van der Waals surface area contributed by atoms with Crippen molar-refractivity contribution in [2.45, 2.75) is 12.8 Å². The quantitative estimate of drug-likeness (QED) is 0.795. The van der Waals surface area contributed by atoms with Gasteiger partial charge in [0.05, 0.1) is 6.07 Å². The third-order valence-electron chi connectivity index (χ3n) is 2.98. The lowest BCUT2D eigenvalue weighted by Gasteiger charge is -2.09. The van der Waals surface area contributed by atoms with Crippen molar-refractivity contribution in [3.63, 3.8) is 0 Å². The van der Waals surface area contributed by atoms with Crippen molar-refractivity contribution >= 4 is 21.7 Å². The van der Waals surface area contributed by atoms with Crippen LogP contribution in [0.25, 0.3) is 0 Å². The van der Waals surface area contributed by atoms with Gasteiger partial charge in [0, 0.05) is 10.0 Å². The molecule has 2 rings (SSSR count). The monoisotopic (exact) mass is 313 g/mol. The van der Waals surface area contributed by atoms with Crippen LogP contribution in [0.1, 0.15) is 27.4 Å². The van der Waals surface area contributed by atoms with Crippen LogP contribution in [-0.4, -0.2) is 5.78 Å². The van der Waals surface area contributed by atoms with Crippen LogP contribution in [0.4, 0.5) is 0 Å². The summed E-state index contributed by atoms with van der Waals surface area (Å²) in [6.07, 6.45) is 0. The van der Waals surface area contributed by atoms with Gasteiger partial charge in [-0.1, -0.05) is 58.4 Å². The summed E-state index contributed by atoms with van der Waals surface area (Å²) in [5, 5.41) is 9.25. The Kier molecular flexibility index (Phi) is 4.13. The number of benzene rings is 2. The predicted molar refractivity (Wildman–Crippen MR) is 78.0 cm³/mol. The summed E-state index contributed by atoms with van der Waals surface area (Å²) in [5.41, 5.74) is 2.34. The van der Waals surface area contributed by atoms with Crippen molar-refractivity contribution in [2.75, 3.05) is 0 Å². The number of nitriles is 1. The third-order valence-corrected chi connectivity index (χ3v) is 3.83. The van der Waals surface area contributed by atoms with Gasteiger partial charge in [0.2, 0.25) is 0 Å². The van der Waals surface area contributed by atoms with E-state index in [2.05, 4.69) is 22.0 Å². The normalized spacial score (nSPS) is 11.6. The number of halogens is 1. The fourth-order valence-corrected chi connectivity index (χ4v) is 2.22. The molecule has 0 amide bonds. The Morgan fingerprint density at radius 3 is 2.47 bits per heavy atom. The van der Waals surface area contributed by atoms with E-state index >= 15 is 0 Å². The van der Waals surface area contributed by atoms with Gasteiger partial charge in [0.1, 0.15) is 5.92 Å². The summed E-state index contributed by atoms with van der Waals surface area (Å²) in [5.74, 6) is -0.926. The van der Waals surface area contributed by atoms with Crippen molar-refractivity contribution in [3.8, 4) is 6.07 Å².